The molecule has 3 N–H and O–H groups in total. The van der Waals surface area contributed by atoms with E-state index in [1.54, 1.807) is 6.07 Å². The van der Waals surface area contributed by atoms with Crippen LogP contribution in [0.3, 0.4) is 0 Å². The van der Waals surface area contributed by atoms with Gasteiger partial charge in [-0.25, -0.2) is 0 Å². The van der Waals surface area contributed by atoms with Crippen molar-refractivity contribution < 1.29 is 14.7 Å². The second-order valence-corrected chi connectivity index (χ2v) is 6.20. The van der Waals surface area contributed by atoms with E-state index in [1.165, 1.54) is 0 Å². The average Bonchev–Trinajstić information content (AvgIpc) is 3.20. The molecule has 0 aliphatic heterocycles. The Labute approximate surface area is 148 Å². The zero-order valence-corrected chi connectivity index (χ0v) is 13.8. The first-order chi connectivity index (χ1) is 12.5. The number of Topliss-reactive ketones (excluding diaryl/α,β-unsaturated/α-hetero) is 2. The summed E-state index contributed by atoms with van der Waals surface area (Å²) in [6, 6.07) is 12.5. The van der Waals surface area contributed by atoms with Crippen molar-refractivity contribution in [2.45, 2.75) is 19.1 Å². The number of hydrogen-bond donors (Lipinski definition) is 3. The van der Waals surface area contributed by atoms with Gasteiger partial charge in [-0.05, 0) is 41.5 Å². The Kier molecular flexibility index (Phi) is 3.81. The number of nitrogens with zero attached hydrogens (tertiary/aromatic N) is 3. The largest absolute Gasteiger partial charge is 0.382 e. The van der Waals surface area contributed by atoms with Gasteiger partial charge in [-0.3, -0.25) is 9.59 Å². The van der Waals surface area contributed by atoms with Gasteiger partial charge >= 0.3 is 0 Å². The molecule has 1 aliphatic rings. The molecular formula is C18H15N5O3. The van der Waals surface area contributed by atoms with Crippen molar-refractivity contribution in [1.82, 2.24) is 20.6 Å². The molecule has 1 aliphatic carbocycles. The number of nitrogens with one attached hydrogen (secondary N) is 2. The first-order valence-electron chi connectivity index (χ1n) is 8.01. The highest BCUT2D eigenvalue weighted by molar-refractivity contribution is 6.49. The third-order valence-electron chi connectivity index (χ3n) is 4.35. The molecule has 0 bridgehead atoms. The number of aliphatic hydroxyl groups excluding tert-OH is 1. The molecule has 130 valence electrons. The van der Waals surface area contributed by atoms with Gasteiger partial charge in [0.25, 0.3) is 0 Å². The van der Waals surface area contributed by atoms with Crippen LogP contribution < -0.4 is 5.32 Å². The van der Waals surface area contributed by atoms with Crippen LogP contribution in [0.25, 0.3) is 22.5 Å². The predicted molar refractivity (Wildman–Crippen MR) is 93.2 cm³/mol. The molecule has 0 radical (unpaired) electrons. The molecule has 1 heterocycles. The molecule has 3 aromatic rings. The molecular weight excluding hydrogens is 334 g/mol. The summed E-state index contributed by atoms with van der Waals surface area (Å²) in [4.78, 5) is 22.9. The number of tetrazole rings is 1. The van der Waals surface area contributed by atoms with Crippen molar-refractivity contribution in [3.05, 3.63) is 48.0 Å². The molecule has 0 saturated heterocycles. The van der Waals surface area contributed by atoms with Crippen molar-refractivity contribution in [3.8, 4) is 22.5 Å². The fourth-order valence-corrected chi connectivity index (χ4v) is 2.86. The van der Waals surface area contributed by atoms with Gasteiger partial charge in [-0.2, -0.15) is 5.21 Å². The second kappa shape index (κ2) is 6.16. The molecule has 2 atom stereocenters. The fourth-order valence-electron chi connectivity index (χ4n) is 2.86. The monoisotopic (exact) mass is 349 g/mol. The first-order valence-corrected chi connectivity index (χ1v) is 8.01. The fraction of sp³-hybridized carbons (Fsp3) is 0.167. The average molecular weight is 349 g/mol. The molecule has 1 fully saturated rings. The maximum absolute atomic E-state index is 11.7. The number of carbonyl (C=O) groups excluding carboxylic acids is 2. The van der Waals surface area contributed by atoms with Gasteiger partial charge < -0.3 is 10.4 Å². The van der Waals surface area contributed by atoms with Crippen LogP contribution >= 0.6 is 0 Å². The minimum Gasteiger partial charge on any atom is -0.382 e. The summed E-state index contributed by atoms with van der Waals surface area (Å²) >= 11 is 0. The SMILES string of the molecule is Cc1ccc(-c2cc(NC3C(=O)C(=O)C3O)cc(-c3nn[nH]n3)c2)cc1. The third-order valence-corrected chi connectivity index (χ3v) is 4.35. The van der Waals surface area contributed by atoms with Crippen LogP contribution in [0.1, 0.15) is 5.56 Å². The summed E-state index contributed by atoms with van der Waals surface area (Å²) in [6.45, 7) is 2.01. The smallest absolute Gasteiger partial charge is 0.231 e. The normalized spacial score (nSPS) is 19.3. The topological polar surface area (TPSA) is 121 Å². The second-order valence-electron chi connectivity index (χ2n) is 6.20. The van der Waals surface area contributed by atoms with Crippen molar-refractivity contribution in [1.29, 1.82) is 0 Å². The van der Waals surface area contributed by atoms with Crippen molar-refractivity contribution in [2.24, 2.45) is 0 Å². The summed E-state index contributed by atoms with van der Waals surface area (Å²) in [6.07, 6.45) is -1.32. The van der Waals surface area contributed by atoms with Crippen LogP contribution in [0.4, 0.5) is 5.69 Å². The number of carbonyl (C=O) groups is 2. The minimum atomic E-state index is -1.32. The number of aryl methyl sites for hydroxylation is 1. The molecule has 1 saturated carbocycles. The maximum Gasteiger partial charge on any atom is 0.231 e. The number of aliphatic hydroxyl groups is 1. The predicted octanol–water partition coefficient (Wildman–Crippen LogP) is 1.14. The highest BCUT2D eigenvalue weighted by atomic mass is 16.3. The van der Waals surface area contributed by atoms with Crippen molar-refractivity contribution in [2.75, 3.05) is 5.32 Å². The molecule has 0 spiro atoms. The van der Waals surface area contributed by atoms with E-state index in [-0.39, 0.29) is 0 Å². The Bertz CT molecular complexity index is 983. The Balaban J connectivity index is 1.74. The van der Waals surface area contributed by atoms with Crippen LogP contribution in [0.2, 0.25) is 0 Å². The van der Waals surface area contributed by atoms with E-state index in [1.807, 2.05) is 43.3 Å². The van der Waals surface area contributed by atoms with E-state index < -0.39 is 23.7 Å². The molecule has 8 nitrogen and oxygen atoms in total. The Morgan fingerprint density at radius 3 is 2.38 bits per heavy atom. The number of benzene rings is 2. The van der Waals surface area contributed by atoms with Crippen LogP contribution in [0, 0.1) is 6.92 Å². The summed E-state index contributed by atoms with van der Waals surface area (Å²) in [5.74, 6) is -0.992. The van der Waals surface area contributed by atoms with Gasteiger partial charge in [0, 0.05) is 11.3 Å². The lowest BCUT2D eigenvalue weighted by molar-refractivity contribution is -0.152. The van der Waals surface area contributed by atoms with Crippen LogP contribution in [0.5, 0.6) is 0 Å². The molecule has 26 heavy (non-hydrogen) atoms. The molecule has 1 aromatic heterocycles. The number of rotatable bonds is 4. The van der Waals surface area contributed by atoms with E-state index in [4.69, 9.17) is 0 Å². The van der Waals surface area contributed by atoms with E-state index in [0.717, 1.165) is 16.7 Å². The van der Waals surface area contributed by atoms with E-state index in [2.05, 4.69) is 25.9 Å². The highest BCUT2D eigenvalue weighted by Gasteiger charge is 2.48. The van der Waals surface area contributed by atoms with E-state index >= 15 is 0 Å². The third kappa shape index (κ3) is 2.76. The molecule has 2 aromatic carbocycles. The van der Waals surface area contributed by atoms with Gasteiger partial charge in [0.05, 0.1) is 0 Å². The molecule has 2 unspecified atom stereocenters. The number of hydrogen-bond acceptors (Lipinski definition) is 7. The van der Waals surface area contributed by atoms with Crippen LogP contribution in [-0.2, 0) is 9.59 Å². The number of ketones is 2. The number of aromatic nitrogens is 4. The summed E-state index contributed by atoms with van der Waals surface area (Å²) < 4.78 is 0. The Hall–Kier alpha value is -3.39. The van der Waals surface area contributed by atoms with Crippen molar-refractivity contribution in [3.63, 3.8) is 0 Å². The lowest BCUT2D eigenvalue weighted by Crippen LogP contribution is -2.61. The summed E-state index contributed by atoms with van der Waals surface area (Å²) in [5, 5.41) is 26.6. The molecule has 8 heteroatoms. The standard InChI is InChI=1S/C18H15N5O3/c1-9-2-4-10(5-3-9)11-6-12(18-20-22-23-21-18)8-13(7-11)19-14-15(24)17(26)16(14)25/h2-8,14-15,19,24H,1H3,(H,20,21,22,23). The van der Waals surface area contributed by atoms with Gasteiger partial charge in [-0.15, -0.1) is 10.2 Å². The zero-order chi connectivity index (χ0) is 18.3. The van der Waals surface area contributed by atoms with Gasteiger partial charge in [0.1, 0.15) is 12.1 Å². The first kappa shape index (κ1) is 16.1. The van der Waals surface area contributed by atoms with Crippen LogP contribution in [0.15, 0.2) is 42.5 Å². The quantitative estimate of drug-likeness (QED) is 0.604. The van der Waals surface area contributed by atoms with Crippen molar-refractivity contribution >= 4 is 17.3 Å². The van der Waals surface area contributed by atoms with Gasteiger partial charge in [-0.1, -0.05) is 29.8 Å². The van der Waals surface area contributed by atoms with Gasteiger partial charge in [0.15, 0.2) is 0 Å². The highest BCUT2D eigenvalue weighted by Crippen LogP contribution is 2.30. The number of anilines is 1. The van der Waals surface area contributed by atoms with E-state index in [0.29, 0.717) is 17.1 Å². The summed E-state index contributed by atoms with van der Waals surface area (Å²) in [7, 11) is 0. The number of aromatic amines is 1. The zero-order valence-electron chi connectivity index (χ0n) is 13.8. The Morgan fingerprint density at radius 1 is 1.00 bits per heavy atom. The van der Waals surface area contributed by atoms with Crippen LogP contribution in [-0.4, -0.2) is 49.4 Å². The molecule has 4 rings (SSSR count). The number of H-pyrrole nitrogens is 1. The summed E-state index contributed by atoms with van der Waals surface area (Å²) in [5.41, 5.74) is 4.26. The van der Waals surface area contributed by atoms with E-state index in [9.17, 15) is 14.7 Å². The lowest BCUT2D eigenvalue weighted by Gasteiger charge is -2.30. The Morgan fingerprint density at radius 2 is 1.73 bits per heavy atom. The lowest BCUT2D eigenvalue weighted by atomic mass is 9.85. The maximum atomic E-state index is 11.7. The molecule has 0 amide bonds. The van der Waals surface area contributed by atoms with Gasteiger partial charge in [0.2, 0.25) is 17.4 Å². The minimum absolute atomic E-state index is 0.401.